The molecule has 0 unspecified atom stereocenters. The lowest BCUT2D eigenvalue weighted by molar-refractivity contribution is 0.000313. The highest BCUT2D eigenvalue weighted by molar-refractivity contribution is 4.85. The molecule has 1 aliphatic rings. The maximum absolute atomic E-state index is 13.1. The minimum Gasteiger partial charge on any atom is -0.390 e. The molecule has 1 nitrogen and oxygen atoms in total. The molecule has 0 aliphatic heterocycles. The van der Waals surface area contributed by atoms with E-state index >= 15 is 0 Å². The van der Waals surface area contributed by atoms with Crippen molar-refractivity contribution in [3.63, 3.8) is 0 Å². The lowest BCUT2D eigenvalue weighted by Gasteiger charge is -2.37. The van der Waals surface area contributed by atoms with E-state index in [0.717, 1.165) is 6.42 Å². The zero-order valence-electron chi connectivity index (χ0n) is 8.18. The standard InChI is InChI=1S/C10H19FO/c1-10(2,3)7-4-5-9(12)8(11)6-7/h7-9,12H,4-6H2,1-3H3/t7-,8-,9-/m0/s1. The molecule has 72 valence electrons. The molecular formula is C10H19FO. The molecule has 0 amide bonds. The number of rotatable bonds is 0. The predicted molar refractivity (Wildman–Crippen MR) is 47.7 cm³/mol. The Morgan fingerprint density at radius 3 is 2.25 bits per heavy atom. The molecule has 1 fully saturated rings. The first kappa shape index (κ1) is 9.97. The van der Waals surface area contributed by atoms with Crippen LogP contribution in [0, 0.1) is 11.3 Å². The van der Waals surface area contributed by atoms with Gasteiger partial charge in [-0.15, -0.1) is 0 Å². The molecule has 1 N–H and O–H groups in total. The SMILES string of the molecule is CC(C)(C)[C@H]1CC[C@H](O)[C@@H](F)C1. The number of alkyl halides is 1. The second-order valence-corrected chi connectivity index (χ2v) is 4.96. The van der Waals surface area contributed by atoms with Gasteiger partial charge in [-0.3, -0.25) is 0 Å². The first-order chi connectivity index (χ1) is 5.41. The molecular weight excluding hydrogens is 155 g/mol. The third kappa shape index (κ3) is 2.19. The van der Waals surface area contributed by atoms with Gasteiger partial charge in [0, 0.05) is 0 Å². The van der Waals surface area contributed by atoms with Gasteiger partial charge in [-0.25, -0.2) is 4.39 Å². The Balaban J connectivity index is 2.51. The van der Waals surface area contributed by atoms with E-state index in [9.17, 15) is 9.50 Å². The van der Waals surface area contributed by atoms with Crippen molar-refractivity contribution in [2.45, 2.75) is 52.3 Å². The third-order valence-corrected chi connectivity index (χ3v) is 2.96. The normalized spacial score (nSPS) is 38.2. The van der Waals surface area contributed by atoms with Gasteiger partial charge < -0.3 is 5.11 Å². The minimum absolute atomic E-state index is 0.185. The summed E-state index contributed by atoms with van der Waals surface area (Å²) >= 11 is 0. The van der Waals surface area contributed by atoms with Crippen LogP contribution in [-0.2, 0) is 0 Å². The van der Waals surface area contributed by atoms with E-state index in [1.54, 1.807) is 0 Å². The van der Waals surface area contributed by atoms with Crippen LogP contribution < -0.4 is 0 Å². The van der Waals surface area contributed by atoms with Crippen molar-refractivity contribution in [2.24, 2.45) is 11.3 Å². The molecule has 2 heteroatoms. The predicted octanol–water partition coefficient (Wildman–Crippen LogP) is 2.53. The fraction of sp³-hybridized carbons (Fsp3) is 1.00. The summed E-state index contributed by atoms with van der Waals surface area (Å²) in [6.45, 7) is 6.42. The molecule has 12 heavy (non-hydrogen) atoms. The number of aliphatic hydroxyl groups excluding tert-OH is 1. The van der Waals surface area contributed by atoms with Crippen molar-refractivity contribution in [3.05, 3.63) is 0 Å². The zero-order valence-corrected chi connectivity index (χ0v) is 8.18. The highest BCUT2D eigenvalue weighted by Gasteiger charge is 2.34. The van der Waals surface area contributed by atoms with Crippen LogP contribution in [0.2, 0.25) is 0 Å². The van der Waals surface area contributed by atoms with Gasteiger partial charge in [0.15, 0.2) is 0 Å². The molecule has 0 radical (unpaired) electrons. The van der Waals surface area contributed by atoms with Crippen molar-refractivity contribution < 1.29 is 9.50 Å². The second-order valence-electron chi connectivity index (χ2n) is 4.96. The highest BCUT2D eigenvalue weighted by Crippen LogP contribution is 2.38. The van der Waals surface area contributed by atoms with E-state index in [1.807, 2.05) is 0 Å². The monoisotopic (exact) mass is 174 g/mol. The van der Waals surface area contributed by atoms with Crippen LogP contribution >= 0.6 is 0 Å². The van der Waals surface area contributed by atoms with Crippen molar-refractivity contribution >= 4 is 0 Å². The molecule has 0 aromatic heterocycles. The van der Waals surface area contributed by atoms with Crippen LogP contribution in [0.25, 0.3) is 0 Å². The summed E-state index contributed by atoms with van der Waals surface area (Å²) in [5, 5.41) is 9.19. The topological polar surface area (TPSA) is 20.2 Å². The Kier molecular flexibility index (Phi) is 2.77. The highest BCUT2D eigenvalue weighted by atomic mass is 19.1. The largest absolute Gasteiger partial charge is 0.390 e. The number of hydrogen-bond acceptors (Lipinski definition) is 1. The summed E-state index contributed by atoms with van der Waals surface area (Å²) in [4.78, 5) is 0. The van der Waals surface area contributed by atoms with Gasteiger partial charge in [0.1, 0.15) is 6.17 Å². The quantitative estimate of drug-likeness (QED) is 0.598. The summed E-state index contributed by atoms with van der Waals surface area (Å²) in [5.74, 6) is 0.427. The third-order valence-electron chi connectivity index (χ3n) is 2.96. The molecule has 0 aromatic carbocycles. The van der Waals surface area contributed by atoms with Crippen LogP contribution in [0.3, 0.4) is 0 Å². The molecule has 1 aliphatic carbocycles. The van der Waals surface area contributed by atoms with E-state index < -0.39 is 12.3 Å². The van der Waals surface area contributed by atoms with Crippen molar-refractivity contribution in [3.8, 4) is 0 Å². The first-order valence-corrected chi connectivity index (χ1v) is 4.73. The molecule has 0 bridgehead atoms. The lowest BCUT2D eigenvalue weighted by atomic mass is 9.71. The summed E-state index contributed by atoms with van der Waals surface area (Å²) in [5.41, 5.74) is 0.185. The molecule has 0 aromatic rings. The summed E-state index contributed by atoms with van der Waals surface area (Å²) in [6.07, 6.45) is 0.422. The van der Waals surface area contributed by atoms with Gasteiger partial charge >= 0.3 is 0 Å². The number of halogens is 1. The van der Waals surface area contributed by atoms with E-state index in [0.29, 0.717) is 18.8 Å². The second kappa shape index (κ2) is 3.33. The molecule has 0 heterocycles. The van der Waals surface area contributed by atoms with Crippen molar-refractivity contribution in [1.82, 2.24) is 0 Å². The zero-order chi connectivity index (χ0) is 9.35. The Bertz CT molecular complexity index is 150. The van der Waals surface area contributed by atoms with Gasteiger partial charge in [0.05, 0.1) is 6.10 Å². The van der Waals surface area contributed by atoms with E-state index in [2.05, 4.69) is 20.8 Å². The van der Waals surface area contributed by atoms with Gasteiger partial charge in [0.2, 0.25) is 0 Å². The van der Waals surface area contributed by atoms with Gasteiger partial charge in [-0.05, 0) is 30.6 Å². The number of hydrogen-bond donors (Lipinski definition) is 1. The van der Waals surface area contributed by atoms with Crippen molar-refractivity contribution in [2.75, 3.05) is 0 Å². The van der Waals surface area contributed by atoms with Crippen LogP contribution in [0.4, 0.5) is 4.39 Å². The van der Waals surface area contributed by atoms with E-state index in [4.69, 9.17) is 0 Å². The maximum Gasteiger partial charge on any atom is 0.126 e. The van der Waals surface area contributed by atoms with Gasteiger partial charge in [-0.2, -0.15) is 0 Å². The smallest absolute Gasteiger partial charge is 0.126 e. The summed E-state index contributed by atoms with van der Waals surface area (Å²) in [6, 6.07) is 0. The Morgan fingerprint density at radius 1 is 1.25 bits per heavy atom. The molecule has 1 rings (SSSR count). The molecule has 0 spiro atoms. The Hall–Kier alpha value is -0.110. The average molecular weight is 174 g/mol. The molecule has 0 saturated heterocycles. The van der Waals surface area contributed by atoms with Crippen molar-refractivity contribution in [1.29, 1.82) is 0 Å². The summed E-state index contributed by atoms with van der Waals surface area (Å²) in [7, 11) is 0. The Morgan fingerprint density at radius 2 is 1.83 bits per heavy atom. The van der Waals surface area contributed by atoms with Crippen LogP contribution in [0.15, 0.2) is 0 Å². The lowest BCUT2D eigenvalue weighted by Crippen LogP contribution is -2.35. The van der Waals surface area contributed by atoms with Crippen LogP contribution in [0.1, 0.15) is 40.0 Å². The minimum atomic E-state index is -0.997. The van der Waals surface area contributed by atoms with E-state index in [1.165, 1.54) is 0 Å². The fourth-order valence-corrected chi connectivity index (χ4v) is 1.89. The molecule has 1 saturated carbocycles. The Labute approximate surface area is 74.0 Å². The van der Waals surface area contributed by atoms with Gasteiger partial charge in [-0.1, -0.05) is 20.8 Å². The van der Waals surface area contributed by atoms with Crippen LogP contribution in [0.5, 0.6) is 0 Å². The first-order valence-electron chi connectivity index (χ1n) is 4.73. The molecule has 3 atom stereocenters. The average Bonchev–Trinajstić information content (AvgIpc) is 1.92. The van der Waals surface area contributed by atoms with E-state index in [-0.39, 0.29) is 5.41 Å². The van der Waals surface area contributed by atoms with Crippen LogP contribution in [-0.4, -0.2) is 17.4 Å². The fourth-order valence-electron chi connectivity index (χ4n) is 1.89. The maximum atomic E-state index is 13.1. The summed E-state index contributed by atoms with van der Waals surface area (Å²) < 4.78 is 13.1. The number of aliphatic hydroxyl groups is 1. The van der Waals surface area contributed by atoms with Gasteiger partial charge in [0.25, 0.3) is 0 Å².